The molecule has 182 valence electrons. The Bertz CT molecular complexity index is 1470. The molecule has 3 heterocycles. The number of hydrogen-bond acceptors (Lipinski definition) is 4. The van der Waals surface area contributed by atoms with Crippen LogP contribution in [0.1, 0.15) is 17.5 Å². The van der Waals surface area contributed by atoms with Crippen molar-refractivity contribution in [2.45, 2.75) is 26.1 Å². The molecule has 5 rings (SSSR count). The van der Waals surface area contributed by atoms with Crippen molar-refractivity contribution in [2.75, 3.05) is 31.1 Å². The van der Waals surface area contributed by atoms with E-state index in [0.29, 0.717) is 42.9 Å². The van der Waals surface area contributed by atoms with Gasteiger partial charge in [0, 0.05) is 55.7 Å². The number of aromatic amines is 1. The SMILES string of the molecule is Cc1cccc2[nH]c3c(=O)n(CCC(=O)N4CCN(c5cccc(C(F)(F)F)c5)CC4)cnc3c12. The molecule has 10 heteroatoms. The third kappa shape index (κ3) is 4.36. The number of H-pyrrole nitrogens is 1. The van der Waals surface area contributed by atoms with Gasteiger partial charge in [0.2, 0.25) is 5.91 Å². The van der Waals surface area contributed by atoms with Gasteiger partial charge in [-0.15, -0.1) is 0 Å². The number of fused-ring (bicyclic) bond motifs is 3. The van der Waals surface area contributed by atoms with Crippen molar-refractivity contribution in [1.29, 1.82) is 0 Å². The van der Waals surface area contributed by atoms with Crippen molar-refractivity contribution in [2.24, 2.45) is 0 Å². The molecule has 0 unspecified atom stereocenters. The molecule has 0 atom stereocenters. The average molecular weight is 483 g/mol. The topological polar surface area (TPSA) is 74.2 Å². The second kappa shape index (κ2) is 8.75. The number of alkyl halides is 3. The van der Waals surface area contributed by atoms with E-state index in [0.717, 1.165) is 28.6 Å². The number of carbonyl (C=O) groups is 1. The van der Waals surface area contributed by atoms with Crippen LogP contribution >= 0.6 is 0 Å². The van der Waals surface area contributed by atoms with Gasteiger partial charge in [0.15, 0.2) is 0 Å². The molecule has 7 nitrogen and oxygen atoms in total. The lowest BCUT2D eigenvalue weighted by Crippen LogP contribution is -2.49. The third-order valence-electron chi connectivity index (χ3n) is 6.54. The fourth-order valence-corrected chi connectivity index (χ4v) is 4.64. The molecule has 1 amide bonds. The van der Waals surface area contributed by atoms with Crippen LogP contribution in [0.15, 0.2) is 53.6 Å². The summed E-state index contributed by atoms with van der Waals surface area (Å²) in [7, 11) is 0. The van der Waals surface area contributed by atoms with Gasteiger partial charge < -0.3 is 14.8 Å². The molecule has 1 N–H and O–H groups in total. The number of aromatic nitrogens is 3. The van der Waals surface area contributed by atoms with Gasteiger partial charge in [-0.05, 0) is 36.8 Å². The van der Waals surface area contributed by atoms with Gasteiger partial charge in [-0.3, -0.25) is 14.2 Å². The zero-order valence-corrected chi connectivity index (χ0v) is 19.1. The number of rotatable bonds is 4. The van der Waals surface area contributed by atoms with Crippen molar-refractivity contribution in [1.82, 2.24) is 19.4 Å². The summed E-state index contributed by atoms with van der Waals surface area (Å²) in [4.78, 5) is 36.9. The smallest absolute Gasteiger partial charge is 0.368 e. The maximum absolute atomic E-state index is 13.0. The maximum atomic E-state index is 13.0. The summed E-state index contributed by atoms with van der Waals surface area (Å²) >= 11 is 0. The molecule has 1 aliphatic rings. The molecule has 0 aliphatic carbocycles. The van der Waals surface area contributed by atoms with Crippen LogP contribution in [0.3, 0.4) is 0 Å². The number of nitrogens with zero attached hydrogens (tertiary/aromatic N) is 4. The first-order valence-corrected chi connectivity index (χ1v) is 11.4. The summed E-state index contributed by atoms with van der Waals surface area (Å²) in [6, 6.07) is 11.0. The van der Waals surface area contributed by atoms with E-state index in [-0.39, 0.29) is 24.4 Å². The Balaban J connectivity index is 1.23. The predicted octanol–water partition coefficient (Wildman–Crippen LogP) is 3.94. The fourth-order valence-electron chi connectivity index (χ4n) is 4.64. The molecular formula is C25H24F3N5O2. The van der Waals surface area contributed by atoms with Crippen molar-refractivity contribution < 1.29 is 18.0 Å². The Labute approximate surface area is 198 Å². The highest BCUT2D eigenvalue weighted by atomic mass is 19.4. The van der Waals surface area contributed by atoms with Gasteiger partial charge >= 0.3 is 6.18 Å². The second-order valence-corrected chi connectivity index (χ2v) is 8.76. The number of benzene rings is 2. The third-order valence-corrected chi connectivity index (χ3v) is 6.54. The van der Waals surface area contributed by atoms with Crippen molar-refractivity contribution in [3.8, 4) is 0 Å². The van der Waals surface area contributed by atoms with Crippen LogP contribution < -0.4 is 10.5 Å². The first-order chi connectivity index (χ1) is 16.7. The molecule has 2 aromatic carbocycles. The molecule has 1 saturated heterocycles. The zero-order chi connectivity index (χ0) is 24.7. The van der Waals surface area contributed by atoms with Crippen LogP contribution in [0, 0.1) is 6.92 Å². The lowest BCUT2D eigenvalue weighted by molar-refractivity contribution is -0.137. The summed E-state index contributed by atoms with van der Waals surface area (Å²) in [6.45, 7) is 3.85. The minimum Gasteiger partial charge on any atom is -0.368 e. The number of carbonyl (C=O) groups excluding carboxylic acids is 1. The molecule has 2 aromatic heterocycles. The monoisotopic (exact) mass is 483 g/mol. The molecule has 1 aliphatic heterocycles. The molecule has 35 heavy (non-hydrogen) atoms. The number of hydrogen-bond donors (Lipinski definition) is 1. The van der Waals surface area contributed by atoms with Gasteiger partial charge in [-0.25, -0.2) is 4.98 Å². The maximum Gasteiger partial charge on any atom is 0.416 e. The zero-order valence-electron chi connectivity index (χ0n) is 19.1. The van der Waals surface area contributed by atoms with E-state index >= 15 is 0 Å². The molecule has 0 spiro atoms. The summed E-state index contributed by atoms with van der Waals surface area (Å²) in [5.74, 6) is -0.104. The van der Waals surface area contributed by atoms with Crippen molar-refractivity contribution >= 4 is 33.5 Å². The van der Waals surface area contributed by atoms with Gasteiger partial charge in [0.25, 0.3) is 5.56 Å². The van der Waals surface area contributed by atoms with Crippen molar-refractivity contribution in [3.63, 3.8) is 0 Å². The van der Waals surface area contributed by atoms with E-state index in [2.05, 4.69) is 9.97 Å². The highest BCUT2D eigenvalue weighted by Gasteiger charge is 2.31. The summed E-state index contributed by atoms with van der Waals surface area (Å²) < 4.78 is 40.5. The molecule has 0 bridgehead atoms. The molecule has 0 radical (unpaired) electrons. The van der Waals surface area contributed by atoms with Crippen LogP contribution in [0.25, 0.3) is 21.9 Å². The Morgan fingerprint density at radius 2 is 1.83 bits per heavy atom. The van der Waals surface area contributed by atoms with Gasteiger partial charge in [-0.1, -0.05) is 18.2 Å². The summed E-state index contributed by atoms with van der Waals surface area (Å²) in [5.41, 5.74) is 2.49. The highest BCUT2D eigenvalue weighted by Crippen LogP contribution is 2.32. The number of piperazine rings is 1. The van der Waals surface area contributed by atoms with Crippen LogP contribution in [0.5, 0.6) is 0 Å². The predicted molar refractivity (Wildman–Crippen MR) is 127 cm³/mol. The summed E-state index contributed by atoms with van der Waals surface area (Å²) in [6.07, 6.45) is -2.78. The minimum absolute atomic E-state index is 0.104. The standard InChI is InChI=1S/C25H24F3N5O2/c1-16-4-2-7-19-21(16)22-23(30-19)24(35)33(15-29-22)9-8-20(34)32-12-10-31(11-13-32)18-6-3-5-17(14-18)25(26,27)28/h2-7,14-15,30H,8-13H2,1H3. The molecule has 4 aromatic rings. The minimum atomic E-state index is -4.39. The Hall–Kier alpha value is -3.82. The van der Waals surface area contributed by atoms with Crippen LogP contribution in [0.2, 0.25) is 0 Å². The lowest BCUT2D eigenvalue weighted by atomic mass is 10.1. The fraction of sp³-hybridized carbons (Fsp3) is 0.320. The normalized spacial score (nSPS) is 14.7. The van der Waals surface area contributed by atoms with Crippen molar-refractivity contribution in [3.05, 3.63) is 70.3 Å². The van der Waals surface area contributed by atoms with E-state index in [9.17, 15) is 22.8 Å². The first kappa shape index (κ1) is 22.9. The lowest BCUT2D eigenvalue weighted by Gasteiger charge is -2.36. The van der Waals surface area contributed by atoms with Gasteiger partial charge in [0.1, 0.15) is 11.0 Å². The number of halogens is 3. The summed E-state index contributed by atoms with van der Waals surface area (Å²) in [5, 5.41) is 0.918. The van der Waals surface area contributed by atoms with E-state index < -0.39 is 11.7 Å². The van der Waals surface area contributed by atoms with E-state index in [1.54, 1.807) is 11.0 Å². The Kier molecular flexibility index (Phi) is 5.74. The second-order valence-electron chi connectivity index (χ2n) is 8.76. The first-order valence-electron chi connectivity index (χ1n) is 11.4. The number of aryl methyl sites for hydroxylation is 2. The highest BCUT2D eigenvalue weighted by molar-refractivity contribution is 6.06. The number of amides is 1. The number of nitrogens with one attached hydrogen (secondary N) is 1. The quantitative estimate of drug-likeness (QED) is 0.477. The Morgan fingerprint density at radius 3 is 2.57 bits per heavy atom. The van der Waals surface area contributed by atoms with Gasteiger partial charge in [-0.2, -0.15) is 13.2 Å². The molecule has 1 fully saturated rings. The van der Waals surface area contributed by atoms with E-state index in [1.807, 2.05) is 30.0 Å². The number of anilines is 1. The molecular weight excluding hydrogens is 459 g/mol. The van der Waals surface area contributed by atoms with Crippen LogP contribution in [-0.4, -0.2) is 51.5 Å². The molecule has 0 saturated carbocycles. The Morgan fingerprint density at radius 1 is 1.09 bits per heavy atom. The van der Waals surface area contributed by atoms with E-state index in [1.165, 1.54) is 17.0 Å². The van der Waals surface area contributed by atoms with Crippen LogP contribution in [-0.2, 0) is 17.5 Å². The van der Waals surface area contributed by atoms with Crippen LogP contribution in [0.4, 0.5) is 18.9 Å². The average Bonchev–Trinajstić information content (AvgIpc) is 3.24. The van der Waals surface area contributed by atoms with Gasteiger partial charge in [0.05, 0.1) is 11.9 Å². The van der Waals surface area contributed by atoms with E-state index in [4.69, 9.17) is 0 Å². The largest absolute Gasteiger partial charge is 0.416 e.